The Labute approximate surface area is 165 Å². The van der Waals surface area contributed by atoms with Crippen LogP contribution in [0.5, 0.6) is 5.88 Å². The van der Waals surface area contributed by atoms with E-state index in [2.05, 4.69) is 25.4 Å². The molecular weight excluding hydrogens is 372 g/mol. The predicted octanol–water partition coefficient (Wildman–Crippen LogP) is 1.98. The molecule has 0 aliphatic rings. The fourth-order valence-electron chi connectivity index (χ4n) is 2.78. The van der Waals surface area contributed by atoms with Crippen molar-refractivity contribution < 1.29 is 4.74 Å². The lowest BCUT2D eigenvalue weighted by molar-refractivity contribution is 0.290. The van der Waals surface area contributed by atoms with Crippen molar-refractivity contribution in [2.45, 2.75) is 13.5 Å². The summed E-state index contributed by atoms with van der Waals surface area (Å²) in [5, 5.41) is 12.0. The molecular formula is C19H16N8O2. The van der Waals surface area contributed by atoms with E-state index in [1.807, 2.05) is 19.1 Å². The fraction of sp³-hybridized carbons (Fsp3) is 0.158. The minimum Gasteiger partial charge on any atom is -0.472 e. The molecule has 1 aromatic carbocycles. The second kappa shape index (κ2) is 7.40. The summed E-state index contributed by atoms with van der Waals surface area (Å²) in [6.45, 7) is 9.12. The van der Waals surface area contributed by atoms with E-state index in [9.17, 15) is 4.79 Å². The number of hydrogen-bond acceptors (Lipinski definition) is 6. The van der Waals surface area contributed by atoms with E-state index in [0.717, 1.165) is 11.1 Å². The van der Waals surface area contributed by atoms with Crippen molar-refractivity contribution in [3.05, 3.63) is 81.8 Å². The first-order valence-corrected chi connectivity index (χ1v) is 8.67. The number of aromatic nitrogens is 7. The molecule has 0 atom stereocenters. The molecule has 0 aliphatic carbocycles. The molecule has 144 valence electrons. The lowest BCUT2D eigenvalue weighted by Crippen LogP contribution is -2.23. The largest absolute Gasteiger partial charge is 0.472 e. The Balaban J connectivity index is 1.57. The van der Waals surface area contributed by atoms with E-state index < -0.39 is 0 Å². The minimum absolute atomic E-state index is 0.201. The minimum atomic E-state index is -0.338. The zero-order valence-electron chi connectivity index (χ0n) is 15.7. The van der Waals surface area contributed by atoms with E-state index in [1.54, 1.807) is 42.2 Å². The summed E-state index contributed by atoms with van der Waals surface area (Å²) in [6.07, 6.45) is 3.21. The van der Waals surface area contributed by atoms with Crippen molar-refractivity contribution >= 4 is 5.69 Å². The molecule has 0 N–H and O–H groups in total. The van der Waals surface area contributed by atoms with Crippen LogP contribution in [0.4, 0.5) is 5.69 Å². The molecule has 4 aromatic rings. The van der Waals surface area contributed by atoms with E-state index >= 15 is 0 Å². The van der Waals surface area contributed by atoms with E-state index in [1.165, 1.54) is 15.6 Å². The number of ether oxygens (including phenoxy) is 1. The van der Waals surface area contributed by atoms with Gasteiger partial charge in [0.15, 0.2) is 5.82 Å². The lowest BCUT2D eigenvalue weighted by atomic mass is 10.1. The first kappa shape index (κ1) is 18.1. The summed E-state index contributed by atoms with van der Waals surface area (Å²) >= 11 is 0. The van der Waals surface area contributed by atoms with Gasteiger partial charge in [-0.05, 0) is 35.0 Å². The summed E-state index contributed by atoms with van der Waals surface area (Å²) in [5.41, 5.74) is 2.50. The average Bonchev–Trinajstić information content (AvgIpc) is 3.34. The maximum atomic E-state index is 12.2. The standard InChI is InChI=1S/C19H16N8O2/c1-13-5-4-6-16(27-19(28)25(3)23-24-27)15(13)12-29-18-9-10-26(22-18)17-8-7-14(20-2)11-21-17/h4-11H,12H2,1,3H3. The van der Waals surface area contributed by atoms with Gasteiger partial charge in [0.05, 0.1) is 12.3 Å². The van der Waals surface area contributed by atoms with Gasteiger partial charge >= 0.3 is 5.69 Å². The van der Waals surface area contributed by atoms with Gasteiger partial charge in [-0.15, -0.1) is 5.10 Å². The van der Waals surface area contributed by atoms with Gasteiger partial charge in [-0.2, -0.15) is 9.36 Å². The Morgan fingerprint density at radius 1 is 1.17 bits per heavy atom. The maximum absolute atomic E-state index is 12.2. The lowest BCUT2D eigenvalue weighted by Gasteiger charge is -2.11. The number of nitrogens with zero attached hydrogens (tertiary/aromatic N) is 8. The maximum Gasteiger partial charge on any atom is 0.368 e. The van der Waals surface area contributed by atoms with Gasteiger partial charge in [-0.3, -0.25) is 0 Å². The van der Waals surface area contributed by atoms with E-state index in [0.29, 0.717) is 23.1 Å². The number of aryl methyl sites for hydroxylation is 2. The Morgan fingerprint density at radius 2 is 2.03 bits per heavy atom. The monoisotopic (exact) mass is 388 g/mol. The molecule has 3 aromatic heterocycles. The van der Waals surface area contributed by atoms with Crippen LogP contribution in [0.3, 0.4) is 0 Å². The van der Waals surface area contributed by atoms with Crippen LogP contribution < -0.4 is 10.4 Å². The normalized spacial score (nSPS) is 10.7. The predicted molar refractivity (Wildman–Crippen MR) is 103 cm³/mol. The second-order valence-corrected chi connectivity index (χ2v) is 6.24. The van der Waals surface area contributed by atoms with Gasteiger partial charge in [0, 0.05) is 31.1 Å². The molecule has 0 bridgehead atoms. The summed E-state index contributed by atoms with van der Waals surface area (Å²) in [7, 11) is 1.54. The van der Waals surface area contributed by atoms with Gasteiger partial charge in [-0.25, -0.2) is 19.3 Å². The molecule has 0 unspecified atom stereocenters. The van der Waals surface area contributed by atoms with Crippen molar-refractivity contribution in [1.82, 2.24) is 34.6 Å². The van der Waals surface area contributed by atoms with Crippen LogP contribution in [-0.2, 0) is 13.7 Å². The highest BCUT2D eigenvalue weighted by molar-refractivity contribution is 5.45. The summed E-state index contributed by atoms with van der Waals surface area (Å²) in [4.78, 5) is 19.8. The highest BCUT2D eigenvalue weighted by atomic mass is 16.5. The Hall–Kier alpha value is -4.26. The second-order valence-electron chi connectivity index (χ2n) is 6.24. The van der Waals surface area contributed by atoms with Crippen LogP contribution in [0.2, 0.25) is 0 Å². The molecule has 10 heteroatoms. The van der Waals surface area contributed by atoms with Gasteiger partial charge in [0.25, 0.3) is 0 Å². The molecule has 29 heavy (non-hydrogen) atoms. The summed E-state index contributed by atoms with van der Waals surface area (Å²) < 4.78 is 9.83. The molecule has 10 nitrogen and oxygen atoms in total. The van der Waals surface area contributed by atoms with Crippen LogP contribution in [0.1, 0.15) is 11.1 Å². The Kier molecular flexibility index (Phi) is 4.62. The van der Waals surface area contributed by atoms with Crippen molar-refractivity contribution in [2.24, 2.45) is 7.05 Å². The Bertz CT molecular complexity index is 1260. The van der Waals surface area contributed by atoms with Crippen LogP contribution in [-0.4, -0.2) is 34.6 Å². The van der Waals surface area contributed by atoms with Crippen molar-refractivity contribution in [3.63, 3.8) is 0 Å². The SMILES string of the molecule is [C-]#[N+]c1ccc(-n2ccc(OCc3c(C)cccc3-n3nnn(C)c3=O)n2)nc1. The van der Waals surface area contributed by atoms with Crippen molar-refractivity contribution in [2.75, 3.05) is 0 Å². The number of pyridine rings is 1. The van der Waals surface area contributed by atoms with Crippen LogP contribution in [0, 0.1) is 13.5 Å². The number of rotatable bonds is 5. The summed E-state index contributed by atoms with van der Waals surface area (Å²) in [5.74, 6) is 0.983. The zero-order valence-corrected chi connectivity index (χ0v) is 15.7. The first-order chi connectivity index (χ1) is 14.1. The molecule has 3 heterocycles. The number of benzene rings is 1. The van der Waals surface area contributed by atoms with E-state index in [4.69, 9.17) is 11.3 Å². The highest BCUT2D eigenvalue weighted by Gasteiger charge is 2.14. The fourth-order valence-corrected chi connectivity index (χ4v) is 2.78. The third-order valence-corrected chi connectivity index (χ3v) is 4.36. The number of hydrogen-bond donors (Lipinski definition) is 0. The quantitative estimate of drug-likeness (QED) is 0.485. The molecule has 0 spiro atoms. The Morgan fingerprint density at radius 3 is 2.72 bits per heavy atom. The van der Waals surface area contributed by atoms with Crippen LogP contribution >= 0.6 is 0 Å². The van der Waals surface area contributed by atoms with Gasteiger partial charge < -0.3 is 4.74 Å². The molecule has 0 saturated carbocycles. The van der Waals surface area contributed by atoms with Gasteiger partial charge in [-0.1, -0.05) is 18.2 Å². The van der Waals surface area contributed by atoms with Crippen molar-refractivity contribution in [1.29, 1.82) is 0 Å². The van der Waals surface area contributed by atoms with Gasteiger partial charge in [0.2, 0.25) is 11.6 Å². The first-order valence-electron chi connectivity index (χ1n) is 8.67. The molecule has 0 aliphatic heterocycles. The highest BCUT2D eigenvalue weighted by Crippen LogP contribution is 2.20. The van der Waals surface area contributed by atoms with Crippen LogP contribution in [0.25, 0.3) is 16.4 Å². The zero-order chi connectivity index (χ0) is 20.4. The average molecular weight is 388 g/mol. The topological polar surface area (TPSA) is 97.0 Å². The third kappa shape index (κ3) is 3.49. The molecule has 0 amide bonds. The molecule has 0 radical (unpaired) electrons. The van der Waals surface area contributed by atoms with E-state index in [-0.39, 0.29) is 12.3 Å². The van der Waals surface area contributed by atoms with Crippen LogP contribution in [0.15, 0.2) is 53.6 Å². The number of tetrazole rings is 1. The van der Waals surface area contributed by atoms with Crippen molar-refractivity contribution in [3.8, 4) is 17.4 Å². The molecule has 0 saturated heterocycles. The van der Waals surface area contributed by atoms with Gasteiger partial charge in [0.1, 0.15) is 6.61 Å². The smallest absolute Gasteiger partial charge is 0.368 e. The molecule has 0 fully saturated rings. The third-order valence-electron chi connectivity index (χ3n) is 4.36. The molecule has 4 rings (SSSR count). The summed E-state index contributed by atoms with van der Waals surface area (Å²) in [6, 6.07) is 10.7.